The van der Waals surface area contributed by atoms with Crippen molar-refractivity contribution in [3.8, 4) is 0 Å². The number of likely N-dealkylation sites (tertiary alicyclic amines) is 1. The Kier molecular flexibility index (Phi) is 5.25. The van der Waals surface area contributed by atoms with Crippen molar-refractivity contribution in [3.63, 3.8) is 0 Å². The summed E-state index contributed by atoms with van der Waals surface area (Å²) in [6.45, 7) is 18.5. The molecule has 1 heterocycles. The molecule has 1 saturated heterocycles. The Balaban J connectivity index is 2.66. The average molecular weight is 268 g/mol. The van der Waals surface area contributed by atoms with Gasteiger partial charge in [-0.3, -0.25) is 4.99 Å². The number of hydrogen-bond donors (Lipinski definition) is 1. The van der Waals surface area contributed by atoms with Gasteiger partial charge >= 0.3 is 0 Å². The summed E-state index contributed by atoms with van der Waals surface area (Å²) in [5.74, 6) is 1.07. The van der Waals surface area contributed by atoms with E-state index < -0.39 is 0 Å². The molecule has 4 heteroatoms. The molecular weight excluding hydrogens is 236 g/mol. The van der Waals surface area contributed by atoms with Crippen LogP contribution in [-0.4, -0.2) is 61.1 Å². The number of nitrogens with one attached hydrogen (secondary N) is 1. The van der Waals surface area contributed by atoms with E-state index in [1.54, 1.807) is 0 Å². The summed E-state index contributed by atoms with van der Waals surface area (Å²) in [4.78, 5) is 9.47. The molecule has 0 aliphatic carbocycles. The Morgan fingerprint density at radius 3 is 2.32 bits per heavy atom. The number of rotatable bonds is 5. The minimum absolute atomic E-state index is 0.171. The quantitative estimate of drug-likeness (QED) is 0.611. The first-order chi connectivity index (χ1) is 8.76. The van der Waals surface area contributed by atoms with E-state index in [0.29, 0.717) is 5.41 Å². The van der Waals surface area contributed by atoms with Crippen LogP contribution in [0.25, 0.3) is 0 Å². The second-order valence-corrected chi connectivity index (χ2v) is 6.66. The van der Waals surface area contributed by atoms with Gasteiger partial charge in [-0.2, -0.15) is 0 Å². The Morgan fingerprint density at radius 2 is 1.89 bits per heavy atom. The third kappa shape index (κ3) is 3.41. The summed E-state index contributed by atoms with van der Waals surface area (Å²) in [7, 11) is 2.14. The van der Waals surface area contributed by atoms with Crippen molar-refractivity contribution in [2.24, 2.45) is 10.4 Å². The van der Waals surface area contributed by atoms with Gasteiger partial charge in [0.1, 0.15) is 0 Å². The molecule has 1 aliphatic rings. The Bertz CT molecular complexity index is 320. The van der Waals surface area contributed by atoms with Gasteiger partial charge < -0.3 is 15.1 Å². The maximum atomic E-state index is 4.77. The fourth-order valence-corrected chi connectivity index (χ4v) is 2.28. The van der Waals surface area contributed by atoms with E-state index in [2.05, 4.69) is 63.7 Å². The van der Waals surface area contributed by atoms with E-state index in [1.807, 2.05) is 0 Å². The van der Waals surface area contributed by atoms with Crippen LogP contribution in [0.3, 0.4) is 0 Å². The Morgan fingerprint density at radius 1 is 1.26 bits per heavy atom. The summed E-state index contributed by atoms with van der Waals surface area (Å²) in [5, 5.41) is 3.43. The molecular formula is C15H32N4. The zero-order chi connectivity index (χ0) is 14.7. The molecule has 0 aromatic rings. The number of guanidine groups is 1. The lowest BCUT2D eigenvalue weighted by molar-refractivity contribution is -0.0667. The van der Waals surface area contributed by atoms with Gasteiger partial charge in [-0.1, -0.05) is 20.8 Å². The van der Waals surface area contributed by atoms with Crippen LogP contribution < -0.4 is 5.32 Å². The van der Waals surface area contributed by atoms with E-state index in [1.165, 1.54) is 0 Å². The first-order valence-corrected chi connectivity index (χ1v) is 7.50. The van der Waals surface area contributed by atoms with E-state index in [4.69, 9.17) is 4.99 Å². The van der Waals surface area contributed by atoms with Crippen LogP contribution in [0, 0.1) is 5.41 Å². The predicted octanol–water partition coefficient (Wildman–Crippen LogP) is 2.02. The van der Waals surface area contributed by atoms with Crippen molar-refractivity contribution in [2.75, 3.05) is 39.8 Å². The molecule has 19 heavy (non-hydrogen) atoms. The molecule has 0 saturated carbocycles. The highest BCUT2D eigenvalue weighted by Crippen LogP contribution is 2.46. The Hall–Kier alpha value is -0.770. The molecule has 0 amide bonds. The summed E-state index contributed by atoms with van der Waals surface area (Å²) in [5.41, 5.74) is 0.522. The molecule has 0 atom stereocenters. The minimum Gasteiger partial charge on any atom is -0.356 e. The van der Waals surface area contributed by atoms with E-state index in [9.17, 15) is 0 Å². The summed E-state index contributed by atoms with van der Waals surface area (Å²) in [6.07, 6.45) is 0. The van der Waals surface area contributed by atoms with Gasteiger partial charge in [-0.15, -0.1) is 0 Å². The largest absolute Gasteiger partial charge is 0.356 e. The Labute approximate surface area is 119 Å². The normalized spacial score (nSPS) is 21.5. The van der Waals surface area contributed by atoms with Crippen molar-refractivity contribution in [2.45, 2.75) is 47.1 Å². The zero-order valence-corrected chi connectivity index (χ0v) is 13.9. The maximum absolute atomic E-state index is 4.77. The summed E-state index contributed by atoms with van der Waals surface area (Å²) >= 11 is 0. The van der Waals surface area contributed by atoms with E-state index in [0.717, 1.165) is 38.7 Å². The van der Waals surface area contributed by atoms with Gasteiger partial charge in [0.25, 0.3) is 0 Å². The van der Waals surface area contributed by atoms with Gasteiger partial charge in [-0.25, -0.2) is 0 Å². The lowest BCUT2D eigenvalue weighted by Gasteiger charge is -2.62. The topological polar surface area (TPSA) is 30.9 Å². The number of nitrogens with zero attached hydrogens (tertiary/aromatic N) is 3. The standard InChI is InChI=1S/C15H32N4/c1-8-16-13(17-10-11-18(7)9-2)19-12-14(3,4)15(19,5)6/h8-12H2,1-7H3,(H,16,17). The van der Waals surface area contributed by atoms with Crippen molar-refractivity contribution in [1.29, 1.82) is 0 Å². The zero-order valence-electron chi connectivity index (χ0n) is 13.9. The minimum atomic E-state index is 0.171. The molecule has 1 fully saturated rings. The van der Waals surface area contributed by atoms with Crippen molar-refractivity contribution >= 4 is 5.96 Å². The highest BCUT2D eigenvalue weighted by molar-refractivity contribution is 5.82. The van der Waals surface area contributed by atoms with E-state index in [-0.39, 0.29) is 5.54 Å². The molecule has 4 nitrogen and oxygen atoms in total. The van der Waals surface area contributed by atoms with Gasteiger partial charge in [0, 0.05) is 30.6 Å². The van der Waals surface area contributed by atoms with E-state index >= 15 is 0 Å². The van der Waals surface area contributed by atoms with Crippen LogP contribution in [0.1, 0.15) is 41.5 Å². The summed E-state index contributed by atoms with van der Waals surface area (Å²) < 4.78 is 0. The molecule has 0 spiro atoms. The highest BCUT2D eigenvalue weighted by atomic mass is 15.4. The van der Waals surface area contributed by atoms with Crippen molar-refractivity contribution < 1.29 is 0 Å². The molecule has 0 radical (unpaired) electrons. The number of likely N-dealkylation sites (N-methyl/N-ethyl adjacent to an activating group) is 1. The van der Waals surface area contributed by atoms with Gasteiger partial charge in [0.15, 0.2) is 5.96 Å². The van der Waals surface area contributed by atoms with Gasteiger partial charge in [0.2, 0.25) is 0 Å². The maximum Gasteiger partial charge on any atom is 0.194 e. The SMILES string of the molecule is CCNC(=NCCN(C)CC)N1CC(C)(C)C1(C)C. The first-order valence-electron chi connectivity index (χ1n) is 7.50. The molecule has 1 N–H and O–H groups in total. The van der Waals surface area contributed by atoms with Crippen LogP contribution in [0.15, 0.2) is 4.99 Å². The molecule has 0 bridgehead atoms. The second-order valence-electron chi connectivity index (χ2n) is 6.66. The highest BCUT2D eigenvalue weighted by Gasteiger charge is 2.53. The third-order valence-electron chi connectivity index (χ3n) is 4.76. The molecule has 0 unspecified atom stereocenters. The monoisotopic (exact) mass is 268 g/mol. The molecule has 1 aliphatic heterocycles. The van der Waals surface area contributed by atoms with Crippen LogP contribution in [0.2, 0.25) is 0 Å². The average Bonchev–Trinajstić information content (AvgIpc) is 2.34. The van der Waals surface area contributed by atoms with Crippen LogP contribution in [0.4, 0.5) is 0 Å². The van der Waals surface area contributed by atoms with Crippen molar-refractivity contribution in [3.05, 3.63) is 0 Å². The number of hydrogen-bond acceptors (Lipinski definition) is 2. The molecule has 1 rings (SSSR count). The first kappa shape index (κ1) is 16.3. The fraction of sp³-hybridized carbons (Fsp3) is 0.933. The van der Waals surface area contributed by atoms with Crippen molar-refractivity contribution in [1.82, 2.24) is 15.1 Å². The van der Waals surface area contributed by atoms with Gasteiger partial charge in [-0.05, 0) is 34.4 Å². The van der Waals surface area contributed by atoms with Crippen LogP contribution >= 0.6 is 0 Å². The lowest BCUT2D eigenvalue weighted by Crippen LogP contribution is -2.72. The molecule has 0 aromatic carbocycles. The van der Waals surface area contributed by atoms with Crippen LogP contribution in [-0.2, 0) is 0 Å². The second kappa shape index (κ2) is 6.12. The summed E-state index contributed by atoms with van der Waals surface area (Å²) in [6, 6.07) is 0. The molecule has 0 aromatic heterocycles. The number of aliphatic imine (C=N–C) groups is 1. The smallest absolute Gasteiger partial charge is 0.194 e. The fourth-order valence-electron chi connectivity index (χ4n) is 2.28. The van der Waals surface area contributed by atoms with Crippen LogP contribution in [0.5, 0.6) is 0 Å². The van der Waals surface area contributed by atoms with Gasteiger partial charge in [0.05, 0.1) is 6.54 Å². The predicted molar refractivity (Wildman–Crippen MR) is 83.7 cm³/mol. The molecule has 112 valence electrons. The lowest BCUT2D eigenvalue weighted by atomic mass is 9.65. The third-order valence-corrected chi connectivity index (χ3v) is 4.76.